The molecule has 1 aliphatic carbocycles. The first-order valence-electron chi connectivity index (χ1n) is 14.1. The van der Waals surface area contributed by atoms with Gasteiger partial charge in [-0.15, -0.1) is 0 Å². The van der Waals surface area contributed by atoms with E-state index in [1.54, 1.807) is 30.7 Å². The number of carbonyl (C=O) groups excluding carboxylic acids is 1. The number of anilines is 1. The minimum atomic E-state index is -0.279. The van der Waals surface area contributed by atoms with Crippen molar-refractivity contribution in [2.45, 2.75) is 38.5 Å². The van der Waals surface area contributed by atoms with E-state index in [0.717, 1.165) is 57.2 Å². The van der Waals surface area contributed by atoms with Gasteiger partial charge in [0.15, 0.2) is 0 Å². The number of fused-ring (bicyclic) bond motifs is 2. The van der Waals surface area contributed by atoms with Gasteiger partial charge in [0.05, 0.1) is 23.1 Å². The molecule has 7 rings (SSSR count). The fourth-order valence-electron chi connectivity index (χ4n) is 6.00. The Labute approximate surface area is 236 Å². The van der Waals surface area contributed by atoms with Crippen molar-refractivity contribution < 1.29 is 9.18 Å². The van der Waals surface area contributed by atoms with E-state index in [4.69, 9.17) is 0 Å². The predicted octanol–water partition coefficient (Wildman–Crippen LogP) is 7.88. The summed E-state index contributed by atoms with van der Waals surface area (Å²) in [5.74, 6) is 0.244. The highest BCUT2D eigenvalue weighted by atomic mass is 19.1. The molecule has 2 aromatic carbocycles. The maximum Gasteiger partial charge on any atom is 0.224 e. The number of nitrogens with zero attached hydrogens (tertiary/aromatic N) is 3. The Morgan fingerprint density at radius 1 is 0.927 bits per heavy atom. The molecule has 6 aromatic rings. The van der Waals surface area contributed by atoms with Crippen molar-refractivity contribution in [3.05, 3.63) is 85.1 Å². The summed E-state index contributed by atoms with van der Waals surface area (Å²) in [7, 11) is 0. The van der Waals surface area contributed by atoms with Crippen LogP contribution >= 0.6 is 0 Å². The molecule has 1 aliphatic rings. The number of H-pyrrole nitrogens is 2. The van der Waals surface area contributed by atoms with Crippen LogP contribution in [-0.4, -0.2) is 31.1 Å². The standard InChI is InChI=1S/C33H29FN6O/c34-28-9-5-4-8-25(28)24-12-13-36-33-26(24)17-30(38-33)32-27-16-21(10-11-29(27)39-40-32)22-15-23(19-35-18-22)37-31(41)14-20-6-2-1-3-7-20/h4-5,8-13,15-20H,1-3,6-7,14H2,(H,36,38)(H,37,41)(H,39,40). The summed E-state index contributed by atoms with van der Waals surface area (Å²) in [5.41, 5.74) is 6.90. The average molecular weight is 545 g/mol. The molecular weight excluding hydrogens is 515 g/mol. The second kappa shape index (κ2) is 10.6. The molecule has 204 valence electrons. The van der Waals surface area contributed by atoms with Crippen molar-refractivity contribution >= 4 is 33.5 Å². The van der Waals surface area contributed by atoms with Crippen molar-refractivity contribution in [2.75, 3.05) is 5.32 Å². The summed E-state index contributed by atoms with van der Waals surface area (Å²) in [6.07, 6.45) is 11.7. The number of carbonyl (C=O) groups is 1. The molecule has 8 heteroatoms. The van der Waals surface area contributed by atoms with Crippen LogP contribution < -0.4 is 5.32 Å². The van der Waals surface area contributed by atoms with E-state index in [2.05, 4.69) is 36.5 Å². The molecule has 0 saturated heterocycles. The number of aromatic nitrogens is 5. The maximum atomic E-state index is 14.6. The first-order valence-corrected chi connectivity index (χ1v) is 14.1. The van der Waals surface area contributed by atoms with E-state index in [1.807, 2.05) is 36.4 Å². The molecule has 1 saturated carbocycles. The molecule has 0 radical (unpaired) electrons. The normalized spacial score (nSPS) is 14.1. The summed E-state index contributed by atoms with van der Waals surface area (Å²) < 4.78 is 14.6. The number of halogens is 1. The number of rotatable bonds is 6. The van der Waals surface area contributed by atoms with Gasteiger partial charge in [0, 0.05) is 40.7 Å². The van der Waals surface area contributed by atoms with Gasteiger partial charge < -0.3 is 10.3 Å². The number of aromatic amines is 2. The van der Waals surface area contributed by atoms with Crippen LogP contribution in [0.15, 0.2) is 79.3 Å². The van der Waals surface area contributed by atoms with Crippen molar-refractivity contribution in [3.63, 3.8) is 0 Å². The Hall–Kier alpha value is -4.85. The van der Waals surface area contributed by atoms with Crippen LogP contribution in [0.4, 0.5) is 10.1 Å². The molecule has 1 amide bonds. The lowest BCUT2D eigenvalue weighted by Gasteiger charge is -2.20. The van der Waals surface area contributed by atoms with Gasteiger partial charge in [0.25, 0.3) is 0 Å². The van der Waals surface area contributed by atoms with Crippen LogP contribution in [0.1, 0.15) is 38.5 Å². The van der Waals surface area contributed by atoms with Gasteiger partial charge in [-0.2, -0.15) is 5.10 Å². The fraction of sp³-hybridized carbons (Fsp3) is 0.212. The highest BCUT2D eigenvalue weighted by Crippen LogP contribution is 2.35. The van der Waals surface area contributed by atoms with E-state index < -0.39 is 0 Å². The molecule has 0 aliphatic heterocycles. The molecular formula is C33H29FN6O. The molecule has 3 N–H and O–H groups in total. The summed E-state index contributed by atoms with van der Waals surface area (Å²) in [5, 5.41) is 12.5. The first-order chi connectivity index (χ1) is 20.1. The lowest BCUT2D eigenvalue weighted by atomic mass is 9.87. The number of amides is 1. The zero-order chi connectivity index (χ0) is 27.8. The lowest BCUT2D eigenvalue weighted by molar-refractivity contribution is -0.117. The Kier molecular flexibility index (Phi) is 6.51. The number of hydrogen-bond donors (Lipinski definition) is 3. The Morgan fingerprint density at radius 2 is 1.80 bits per heavy atom. The number of pyridine rings is 2. The van der Waals surface area contributed by atoms with Gasteiger partial charge in [0.1, 0.15) is 17.2 Å². The summed E-state index contributed by atoms with van der Waals surface area (Å²) in [6.45, 7) is 0. The zero-order valence-corrected chi connectivity index (χ0v) is 22.5. The molecule has 41 heavy (non-hydrogen) atoms. The van der Waals surface area contributed by atoms with Crippen LogP contribution in [0, 0.1) is 11.7 Å². The largest absolute Gasteiger partial charge is 0.338 e. The van der Waals surface area contributed by atoms with Gasteiger partial charge >= 0.3 is 0 Å². The van der Waals surface area contributed by atoms with Gasteiger partial charge in [-0.3, -0.25) is 14.9 Å². The van der Waals surface area contributed by atoms with Crippen molar-refractivity contribution in [1.29, 1.82) is 0 Å². The quantitative estimate of drug-likeness (QED) is 0.199. The van der Waals surface area contributed by atoms with E-state index >= 15 is 0 Å². The SMILES string of the molecule is O=C(CC1CCCCC1)Nc1cncc(-c2ccc3[nH]nc(-c4cc5c(-c6ccccc6F)ccnc5[nH]4)c3c2)c1. The predicted molar refractivity (Wildman–Crippen MR) is 160 cm³/mol. The number of benzene rings is 2. The number of hydrogen-bond acceptors (Lipinski definition) is 4. The van der Waals surface area contributed by atoms with E-state index in [-0.39, 0.29) is 11.7 Å². The van der Waals surface area contributed by atoms with Gasteiger partial charge in [-0.25, -0.2) is 9.37 Å². The van der Waals surface area contributed by atoms with E-state index in [9.17, 15) is 9.18 Å². The molecule has 4 aromatic heterocycles. The molecule has 0 bridgehead atoms. The molecule has 0 unspecified atom stereocenters. The van der Waals surface area contributed by atoms with Gasteiger partial charge in [0.2, 0.25) is 5.91 Å². The molecule has 0 atom stereocenters. The fourth-order valence-corrected chi connectivity index (χ4v) is 6.00. The number of nitrogens with one attached hydrogen (secondary N) is 3. The Bertz CT molecular complexity index is 1880. The summed E-state index contributed by atoms with van der Waals surface area (Å²) in [6, 6.07) is 18.6. The third-order valence-corrected chi connectivity index (χ3v) is 8.07. The molecule has 1 fully saturated rings. The second-order valence-electron chi connectivity index (χ2n) is 10.8. The third-order valence-electron chi connectivity index (χ3n) is 8.07. The minimum Gasteiger partial charge on any atom is -0.338 e. The maximum absolute atomic E-state index is 14.6. The van der Waals surface area contributed by atoms with Crippen molar-refractivity contribution in [2.24, 2.45) is 5.92 Å². The van der Waals surface area contributed by atoms with Crippen LogP contribution in [0.25, 0.3) is 55.6 Å². The average Bonchev–Trinajstić information content (AvgIpc) is 3.62. The monoisotopic (exact) mass is 544 g/mol. The highest BCUT2D eigenvalue weighted by molar-refractivity contribution is 6.01. The Balaban J connectivity index is 1.20. The third kappa shape index (κ3) is 4.97. The van der Waals surface area contributed by atoms with Crippen LogP contribution in [0.3, 0.4) is 0 Å². The van der Waals surface area contributed by atoms with Crippen LogP contribution in [0.5, 0.6) is 0 Å². The van der Waals surface area contributed by atoms with E-state index in [1.165, 1.54) is 25.3 Å². The zero-order valence-electron chi connectivity index (χ0n) is 22.5. The smallest absolute Gasteiger partial charge is 0.224 e. The van der Waals surface area contributed by atoms with Crippen LogP contribution in [-0.2, 0) is 4.79 Å². The summed E-state index contributed by atoms with van der Waals surface area (Å²) in [4.78, 5) is 24.9. The Morgan fingerprint density at radius 3 is 2.68 bits per heavy atom. The van der Waals surface area contributed by atoms with Crippen molar-refractivity contribution in [1.82, 2.24) is 25.1 Å². The first kappa shape index (κ1) is 25.1. The van der Waals surface area contributed by atoms with E-state index in [0.29, 0.717) is 29.2 Å². The van der Waals surface area contributed by atoms with Gasteiger partial charge in [-0.05, 0) is 66.3 Å². The lowest BCUT2D eigenvalue weighted by Crippen LogP contribution is -2.18. The topological polar surface area (TPSA) is 99.3 Å². The molecule has 7 nitrogen and oxygen atoms in total. The molecule has 0 spiro atoms. The van der Waals surface area contributed by atoms with Crippen molar-refractivity contribution in [3.8, 4) is 33.6 Å². The van der Waals surface area contributed by atoms with Gasteiger partial charge in [-0.1, -0.05) is 43.5 Å². The molecule has 4 heterocycles. The highest BCUT2D eigenvalue weighted by Gasteiger charge is 2.18. The second-order valence-corrected chi connectivity index (χ2v) is 10.8. The minimum absolute atomic E-state index is 0.0468. The van der Waals surface area contributed by atoms with Crippen LogP contribution in [0.2, 0.25) is 0 Å². The summed E-state index contributed by atoms with van der Waals surface area (Å²) >= 11 is 0.